The summed E-state index contributed by atoms with van der Waals surface area (Å²) in [5, 5.41) is 68.9. The normalized spacial score (nSPS) is 12.4. The second-order valence-corrected chi connectivity index (χ2v) is 19.3. The van der Waals surface area contributed by atoms with Crippen LogP contribution < -0.4 is 4.74 Å². The third kappa shape index (κ3) is 9.32. The van der Waals surface area contributed by atoms with Crippen LogP contribution in [0.25, 0.3) is 48.8 Å². The molecular weight excluding hydrogens is 965 g/mol. The lowest BCUT2D eigenvalue weighted by atomic mass is 9.99. The van der Waals surface area contributed by atoms with E-state index in [0.29, 0.717) is 32.4 Å². The van der Waals surface area contributed by atoms with Gasteiger partial charge < -0.3 is 20.1 Å². The number of para-hydroxylation sites is 2. The number of phenolic OH excluding ortho intramolecular Hbond substituents is 1. The molecule has 0 unspecified atom stereocenters. The molecule has 0 aliphatic rings. The Kier molecular flexibility index (Phi) is 12.3. The van der Waals surface area contributed by atoms with Crippen molar-refractivity contribution in [2.75, 3.05) is 12.4 Å². The fourth-order valence-corrected chi connectivity index (χ4v) is 9.39. The molecule has 0 aliphatic carbocycles. The van der Waals surface area contributed by atoms with Gasteiger partial charge in [0.1, 0.15) is 33.7 Å². The number of carboxylic acids is 1. The summed E-state index contributed by atoms with van der Waals surface area (Å²) in [5.41, 5.74) is 2.65. The third-order valence-electron chi connectivity index (χ3n) is 10.7. The second kappa shape index (κ2) is 18.5. The number of rotatable bonds is 14. The van der Waals surface area contributed by atoms with Gasteiger partial charge >= 0.3 is 5.97 Å². The lowest BCUT2D eigenvalue weighted by Gasteiger charge is -2.13. The van der Waals surface area contributed by atoms with Crippen molar-refractivity contribution < 1.29 is 50.8 Å². The van der Waals surface area contributed by atoms with Crippen LogP contribution in [0.5, 0.6) is 17.4 Å². The standard InChI is InChI=1S/C46H32N10O11S3/c1-24-18-34(36(67-16-7-17-69(61,62)63)22-33(24)51-55-46-49-32-15-12-26(45(59)60)20-37(32)68-46)52-53-40-38(70(64,65)66)21-27-19-28(13-14-29(27)42(40)57)50-54-41-39(25-8-3-2-4-9-25)30(23-47)43-48-31-10-5-6-11-35(31)56(43)44(41)58/h2-6,8-15,18-22,57-58H,7,16-17H2,1H3,(H,59,60)(H,61,62,63)(H,64,65,66). The molecule has 24 heteroatoms. The van der Waals surface area contributed by atoms with Crippen LogP contribution in [-0.4, -0.2) is 74.0 Å². The zero-order valence-electron chi connectivity index (χ0n) is 35.9. The van der Waals surface area contributed by atoms with E-state index in [4.69, 9.17) is 4.74 Å². The van der Waals surface area contributed by atoms with E-state index in [1.807, 2.05) is 0 Å². The molecule has 5 N–H and O–H groups in total. The number of pyridine rings is 1. The molecule has 6 aromatic carbocycles. The zero-order valence-corrected chi connectivity index (χ0v) is 38.3. The summed E-state index contributed by atoms with van der Waals surface area (Å²) in [6.45, 7) is 1.37. The van der Waals surface area contributed by atoms with Gasteiger partial charge in [-0.1, -0.05) is 53.8 Å². The molecule has 0 radical (unpaired) electrons. The number of carbonyl (C=O) groups is 1. The Bertz CT molecular complexity index is 4000. The average Bonchev–Trinajstić information content (AvgIpc) is 3.93. The van der Waals surface area contributed by atoms with Crippen molar-refractivity contribution in [3.8, 4) is 34.6 Å². The fraction of sp³-hybridized carbons (Fsp3) is 0.0870. The maximum Gasteiger partial charge on any atom is 0.335 e. The van der Waals surface area contributed by atoms with Gasteiger partial charge in [0, 0.05) is 17.0 Å². The molecule has 350 valence electrons. The van der Waals surface area contributed by atoms with Gasteiger partial charge in [0.15, 0.2) is 17.1 Å². The highest BCUT2D eigenvalue weighted by Gasteiger charge is 2.26. The number of hydrogen-bond donors (Lipinski definition) is 5. The number of aromatic carboxylic acids is 1. The van der Waals surface area contributed by atoms with E-state index in [9.17, 15) is 51.3 Å². The van der Waals surface area contributed by atoms with Gasteiger partial charge in [-0.3, -0.25) is 13.5 Å². The molecule has 0 spiro atoms. The number of carboxylic acid groups (broad SMARTS) is 1. The Morgan fingerprint density at radius 3 is 2.29 bits per heavy atom. The number of thiazole rings is 1. The maximum absolute atomic E-state index is 12.9. The Morgan fingerprint density at radius 1 is 0.800 bits per heavy atom. The third-order valence-corrected chi connectivity index (χ3v) is 13.2. The summed E-state index contributed by atoms with van der Waals surface area (Å²) >= 11 is 1.09. The number of fused-ring (bicyclic) bond motifs is 5. The lowest BCUT2D eigenvalue weighted by Crippen LogP contribution is -2.08. The van der Waals surface area contributed by atoms with Gasteiger partial charge in [-0.25, -0.2) is 14.8 Å². The lowest BCUT2D eigenvalue weighted by molar-refractivity contribution is 0.0697. The molecule has 0 aliphatic heterocycles. The van der Waals surface area contributed by atoms with Crippen LogP contribution in [0.1, 0.15) is 27.9 Å². The Balaban J connectivity index is 1.09. The Morgan fingerprint density at radius 2 is 1.54 bits per heavy atom. The molecule has 0 bridgehead atoms. The number of aryl methyl sites for hydroxylation is 1. The molecule has 21 nitrogen and oxygen atoms in total. The number of nitriles is 1. The minimum atomic E-state index is -5.12. The number of azo groups is 3. The first kappa shape index (κ1) is 46.5. The van der Waals surface area contributed by atoms with Crippen molar-refractivity contribution in [1.82, 2.24) is 14.4 Å². The topological polar surface area (TPSA) is 324 Å². The second-order valence-electron chi connectivity index (χ2n) is 15.3. The molecular formula is C46H32N10O11S3. The van der Waals surface area contributed by atoms with Gasteiger partial charge in [0.25, 0.3) is 20.2 Å². The van der Waals surface area contributed by atoms with Gasteiger partial charge in [-0.15, -0.1) is 25.6 Å². The van der Waals surface area contributed by atoms with Crippen molar-refractivity contribution in [2.45, 2.75) is 18.2 Å². The van der Waals surface area contributed by atoms with Crippen molar-refractivity contribution in [2.24, 2.45) is 30.7 Å². The van der Waals surface area contributed by atoms with Crippen LogP contribution in [0.4, 0.5) is 33.6 Å². The molecule has 3 heterocycles. The number of ether oxygens (including phenoxy) is 1. The number of benzene rings is 6. The van der Waals surface area contributed by atoms with Crippen molar-refractivity contribution in [3.63, 3.8) is 0 Å². The molecule has 3 aromatic heterocycles. The first-order chi connectivity index (χ1) is 33.5. The highest BCUT2D eigenvalue weighted by atomic mass is 32.2. The van der Waals surface area contributed by atoms with Crippen LogP contribution in [0, 0.1) is 18.3 Å². The number of phenols is 1. The SMILES string of the molecule is Cc1cc(N=Nc2c(S(=O)(=O)O)cc3cc(N=Nc4c(-c5ccccc5)c(C#N)c5nc6ccccc6n5c4O)ccc3c2O)c(OCCCS(=O)(=O)O)cc1N=Nc1nc2ccc(C(=O)O)cc2s1. The number of imidazole rings is 1. The van der Waals surface area contributed by atoms with E-state index in [1.165, 1.54) is 52.9 Å². The molecule has 0 atom stereocenters. The first-order valence-electron chi connectivity index (χ1n) is 20.5. The molecule has 0 amide bonds. The Hall–Kier alpha value is -8.60. The largest absolute Gasteiger partial charge is 0.505 e. The van der Waals surface area contributed by atoms with Crippen LogP contribution in [-0.2, 0) is 20.2 Å². The molecule has 0 saturated heterocycles. The first-order valence-corrected chi connectivity index (χ1v) is 24.3. The summed E-state index contributed by atoms with van der Waals surface area (Å²) in [6.07, 6.45) is -0.155. The average molecular weight is 997 g/mol. The van der Waals surface area contributed by atoms with Crippen molar-refractivity contribution in [3.05, 3.63) is 126 Å². The predicted molar refractivity (Wildman–Crippen MR) is 257 cm³/mol. The molecule has 9 rings (SSSR count). The van der Waals surface area contributed by atoms with Crippen LogP contribution in [0.3, 0.4) is 0 Å². The molecule has 9 aromatic rings. The fourth-order valence-electron chi connectivity index (χ4n) is 7.42. The maximum atomic E-state index is 12.9. The van der Waals surface area contributed by atoms with Gasteiger partial charge in [0.05, 0.1) is 50.5 Å². The molecule has 0 fully saturated rings. The van der Waals surface area contributed by atoms with E-state index in [-0.39, 0.29) is 85.6 Å². The monoisotopic (exact) mass is 996 g/mol. The van der Waals surface area contributed by atoms with Gasteiger partial charge in [0.2, 0.25) is 11.0 Å². The van der Waals surface area contributed by atoms with E-state index >= 15 is 0 Å². The summed E-state index contributed by atoms with van der Waals surface area (Å²) < 4.78 is 76.1. The summed E-state index contributed by atoms with van der Waals surface area (Å²) in [7, 11) is -9.46. The summed E-state index contributed by atoms with van der Waals surface area (Å²) in [6, 6.07) is 30.4. The van der Waals surface area contributed by atoms with Crippen LogP contribution in [0.15, 0.2) is 145 Å². The van der Waals surface area contributed by atoms with E-state index < -0.39 is 48.3 Å². The number of aromatic nitrogens is 3. The van der Waals surface area contributed by atoms with E-state index in [2.05, 4.69) is 46.7 Å². The smallest absolute Gasteiger partial charge is 0.335 e. The minimum absolute atomic E-state index is 0.0499. The van der Waals surface area contributed by atoms with E-state index in [0.717, 1.165) is 17.4 Å². The number of aromatic hydroxyl groups is 2. The highest BCUT2D eigenvalue weighted by Crippen LogP contribution is 2.46. The zero-order chi connectivity index (χ0) is 49.5. The summed E-state index contributed by atoms with van der Waals surface area (Å²) in [4.78, 5) is 19.6. The van der Waals surface area contributed by atoms with Crippen LogP contribution in [0.2, 0.25) is 0 Å². The quantitative estimate of drug-likeness (QED) is 0.0384. The number of hydrogen-bond acceptors (Lipinski definition) is 18. The predicted octanol–water partition coefficient (Wildman–Crippen LogP) is 11.4. The van der Waals surface area contributed by atoms with Crippen LogP contribution >= 0.6 is 11.3 Å². The number of nitrogens with zero attached hydrogens (tertiary/aromatic N) is 10. The van der Waals surface area contributed by atoms with E-state index in [1.54, 1.807) is 61.5 Å². The molecule has 70 heavy (non-hydrogen) atoms. The van der Waals surface area contributed by atoms with Crippen molar-refractivity contribution in [1.29, 1.82) is 5.26 Å². The minimum Gasteiger partial charge on any atom is -0.505 e. The Labute approximate surface area is 399 Å². The molecule has 0 saturated carbocycles. The van der Waals surface area contributed by atoms with Crippen molar-refractivity contribution >= 4 is 109 Å². The summed E-state index contributed by atoms with van der Waals surface area (Å²) in [5.74, 6) is -2.87. The van der Waals surface area contributed by atoms with Gasteiger partial charge in [-0.2, -0.15) is 27.2 Å². The highest BCUT2D eigenvalue weighted by molar-refractivity contribution is 7.86. The van der Waals surface area contributed by atoms with Gasteiger partial charge in [-0.05, 0) is 90.5 Å².